The number of anilines is 2. The summed E-state index contributed by atoms with van der Waals surface area (Å²) in [6.07, 6.45) is 5.88. The van der Waals surface area contributed by atoms with Crippen LogP contribution in [0, 0.1) is 6.92 Å². The molecule has 0 aliphatic rings. The molecule has 0 fully saturated rings. The first kappa shape index (κ1) is 15.7. The van der Waals surface area contributed by atoms with E-state index in [0.29, 0.717) is 5.95 Å². The molecule has 114 valence electrons. The molecule has 0 spiro atoms. The highest BCUT2D eigenvalue weighted by Gasteiger charge is 2.12. The molecule has 1 unspecified atom stereocenters. The van der Waals surface area contributed by atoms with E-state index in [-0.39, 0.29) is 6.04 Å². The average Bonchev–Trinajstić information content (AvgIpc) is 2.97. The van der Waals surface area contributed by atoms with E-state index in [9.17, 15) is 0 Å². The Morgan fingerprint density at radius 3 is 2.71 bits per heavy atom. The molecule has 2 N–H and O–H groups in total. The number of hydrogen-bond acceptors (Lipinski definition) is 6. The van der Waals surface area contributed by atoms with E-state index in [1.54, 1.807) is 11.3 Å². The van der Waals surface area contributed by atoms with E-state index in [0.717, 1.165) is 35.8 Å². The summed E-state index contributed by atoms with van der Waals surface area (Å²) in [7, 11) is 0. The van der Waals surface area contributed by atoms with Crippen molar-refractivity contribution in [3.63, 3.8) is 0 Å². The zero-order chi connectivity index (χ0) is 15.2. The lowest BCUT2D eigenvalue weighted by atomic mass is 10.3. The Bertz CT molecular complexity index is 581. The predicted molar refractivity (Wildman–Crippen MR) is 89.1 cm³/mol. The van der Waals surface area contributed by atoms with E-state index in [1.807, 2.05) is 19.3 Å². The Kier molecular flexibility index (Phi) is 5.50. The lowest BCUT2D eigenvalue weighted by molar-refractivity contribution is 0.853. The van der Waals surface area contributed by atoms with Gasteiger partial charge in [-0.05, 0) is 26.7 Å². The Morgan fingerprint density at radius 2 is 2.05 bits per heavy atom. The maximum Gasteiger partial charge on any atom is 0.224 e. The van der Waals surface area contributed by atoms with E-state index in [4.69, 9.17) is 0 Å². The van der Waals surface area contributed by atoms with Crippen LogP contribution >= 0.6 is 11.3 Å². The van der Waals surface area contributed by atoms with Crippen LogP contribution in [-0.2, 0) is 6.42 Å². The van der Waals surface area contributed by atoms with Crippen LogP contribution in [0.4, 0.5) is 11.8 Å². The molecule has 5 nitrogen and oxygen atoms in total. The van der Waals surface area contributed by atoms with E-state index in [1.165, 1.54) is 4.88 Å². The Morgan fingerprint density at radius 1 is 1.24 bits per heavy atom. The van der Waals surface area contributed by atoms with E-state index < -0.39 is 0 Å². The van der Waals surface area contributed by atoms with Crippen molar-refractivity contribution < 1.29 is 0 Å². The van der Waals surface area contributed by atoms with Gasteiger partial charge in [0.1, 0.15) is 10.8 Å². The second-order valence-electron chi connectivity index (χ2n) is 5.04. The van der Waals surface area contributed by atoms with Crippen molar-refractivity contribution in [3.8, 4) is 0 Å². The number of aryl methyl sites for hydroxylation is 2. The molecule has 0 radical (unpaired) electrons. The number of nitrogens with zero attached hydrogens (tertiary/aromatic N) is 3. The normalized spacial score (nSPS) is 12.2. The summed E-state index contributed by atoms with van der Waals surface area (Å²) in [5, 5.41) is 7.74. The molecule has 0 saturated carbocycles. The molecule has 0 amide bonds. The molecular formula is C15H23N5S. The van der Waals surface area contributed by atoms with Gasteiger partial charge in [0.2, 0.25) is 5.95 Å². The first-order valence-electron chi connectivity index (χ1n) is 7.42. The molecule has 0 bridgehead atoms. The molecule has 0 aromatic carbocycles. The van der Waals surface area contributed by atoms with Gasteiger partial charge in [0, 0.05) is 29.4 Å². The summed E-state index contributed by atoms with van der Waals surface area (Å²) < 4.78 is 0. The summed E-state index contributed by atoms with van der Waals surface area (Å²) >= 11 is 1.75. The fourth-order valence-electron chi connectivity index (χ4n) is 1.86. The van der Waals surface area contributed by atoms with Gasteiger partial charge < -0.3 is 10.6 Å². The minimum atomic E-state index is 0.142. The Balaban J connectivity index is 2.10. The van der Waals surface area contributed by atoms with Crippen molar-refractivity contribution in [2.45, 2.75) is 46.6 Å². The molecule has 0 aliphatic heterocycles. The van der Waals surface area contributed by atoms with Gasteiger partial charge in [0.15, 0.2) is 0 Å². The van der Waals surface area contributed by atoms with Crippen LogP contribution < -0.4 is 10.6 Å². The molecule has 2 aromatic heterocycles. The van der Waals surface area contributed by atoms with Crippen molar-refractivity contribution in [2.24, 2.45) is 0 Å². The maximum absolute atomic E-state index is 4.55. The van der Waals surface area contributed by atoms with Gasteiger partial charge in [-0.3, -0.25) is 0 Å². The first-order valence-corrected chi connectivity index (χ1v) is 8.24. The highest BCUT2D eigenvalue weighted by molar-refractivity contribution is 7.11. The van der Waals surface area contributed by atoms with E-state index in [2.05, 4.69) is 46.4 Å². The first-order chi connectivity index (χ1) is 10.1. The van der Waals surface area contributed by atoms with Gasteiger partial charge in [0.25, 0.3) is 0 Å². The fourth-order valence-corrected chi connectivity index (χ4v) is 2.72. The highest BCUT2D eigenvalue weighted by atomic mass is 32.1. The van der Waals surface area contributed by atoms with Gasteiger partial charge in [-0.15, -0.1) is 11.3 Å². The number of thiazole rings is 1. The lowest BCUT2D eigenvalue weighted by Gasteiger charge is -2.15. The van der Waals surface area contributed by atoms with Crippen LogP contribution in [0.25, 0.3) is 0 Å². The van der Waals surface area contributed by atoms with Crippen LogP contribution in [0.2, 0.25) is 0 Å². The van der Waals surface area contributed by atoms with Crippen molar-refractivity contribution in [2.75, 3.05) is 17.2 Å². The fraction of sp³-hybridized carbons (Fsp3) is 0.533. The monoisotopic (exact) mass is 305 g/mol. The van der Waals surface area contributed by atoms with Crippen LogP contribution in [0.1, 0.15) is 48.7 Å². The average molecular weight is 305 g/mol. The minimum Gasteiger partial charge on any atom is -0.361 e. The van der Waals surface area contributed by atoms with Gasteiger partial charge in [-0.1, -0.05) is 13.8 Å². The zero-order valence-electron chi connectivity index (χ0n) is 13.1. The van der Waals surface area contributed by atoms with Gasteiger partial charge in [-0.2, -0.15) is 4.98 Å². The molecule has 0 aliphatic carbocycles. The minimum absolute atomic E-state index is 0.142. The molecule has 2 rings (SSSR count). The second-order valence-corrected chi connectivity index (χ2v) is 6.18. The SMILES string of the molecule is CCCNc1ncc(C)c(NC(C)c2ncc(CC)s2)n1. The summed E-state index contributed by atoms with van der Waals surface area (Å²) in [5.74, 6) is 1.54. The summed E-state index contributed by atoms with van der Waals surface area (Å²) in [6, 6.07) is 0.142. The third kappa shape index (κ3) is 4.14. The Hall–Kier alpha value is -1.69. The quantitative estimate of drug-likeness (QED) is 0.814. The molecule has 1 atom stereocenters. The second kappa shape index (κ2) is 7.36. The summed E-state index contributed by atoms with van der Waals surface area (Å²) in [5.41, 5.74) is 1.04. The number of aromatic nitrogens is 3. The number of nitrogens with one attached hydrogen (secondary N) is 2. The van der Waals surface area contributed by atoms with Gasteiger partial charge >= 0.3 is 0 Å². The lowest BCUT2D eigenvalue weighted by Crippen LogP contribution is -2.11. The van der Waals surface area contributed by atoms with Crippen LogP contribution in [0.5, 0.6) is 0 Å². The molecule has 6 heteroatoms. The molecule has 21 heavy (non-hydrogen) atoms. The standard InChI is InChI=1S/C15H23N5S/c1-5-7-16-15-18-8-10(3)13(20-15)19-11(4)14-17-9-12(6-2)21-14/h8-9,11H,5-7H2,1-4H3,(H2,16,18,19,20). The number of hydrogen-bond donors (Lipinski definition) is 2. The Labute approximate surface area is 130 Å². The molecule has 0 saturated heterocycles. The predicted octanol–water partition coefficient (Wildman–Crippen LogP) is 3.80. The molecular weight excluding hydrogens is 282 g/mol. The van der Waals surface area contributed by atoms with Crippen LogP contribution in [-0.4, -0.2) is 21.5 Å². The van der Waals surface area contributed by atoms with Crippen LogP contribution in [0.15, 0.2) is 12.4 Å². The summed E-state index contributed by atoms with van der Waals surface area (Å²) in [4.78, 5) is 14.6. The zero-order valence-corrected chi connectivity index (χ0v) is 13.9. The largest absolute Gasteiger partial charge is 0.361 e. The van der Waals surface area contributed by atoms with E-state index >= 15 is 0 Å². The van der Waals surface area contributed by atoms with Crippen molar-refractivity contribution in [3.05, 3.63) is 27.8 Å². The number of rotatable bonds is 7. The third-order valence-electron chi connectivity index (χ3n) is 3.15. The van der Waals surface area contributed by atoms with Crippen molar-refractivity contribution >= 4 is 23.1 Å². The van der Waals surface area contributed by atoms with Gasteiger partial charge in [-0.25, -0.2) is 9.97 Å². The topological polar surface area (TPSA) is 62.7 Å². The third-order valence-corrected chi connectivity index (χ3v) is 4.47. The van der Waals surface area contributed by atoms with Crippen LogP contribution in [0.3, 0.4) is 0 Å². The smallest absolute Gasteiger partial charge is 0.224 e. The highest BCUT2D eigenvalue weighted by Crippen LogP contribution is 2.24. The summed E-state index contributed by atoms with van der Waals surface area (Å²) in [6.45, 7) is 9.27. The van der Waals surface area contributed by atoms with Gasteiger partial charge in [0.05, 0.1) is 6.04 Å². The molecule has 2 aromatic rings. The van der Waals surface area contributed by atoms with Crippen molar-refractivity contribution in [1.82, 2.24) is 15.0 Å². The maximum atomic E-state index is 4.55. The van der Waals surface area contributed by atoms with Crippen molar-refractivity contribution in [1.29, 1.82) is 0 Å². The molecule has 2 heterocycles.